The molecule has 0 saturated carbocycles. The van der Waals surface area contributed by atoms with Crippen molar-refractivity contribution in [2.24, 2.45) is 0 Å². The summed E-state index contributed by atoms with van der Waals surface area (Å²) in [7, 11) is 0. The molecule has 0 bridgehead atoms. The molecule has 2 aromatic heterocycles. The Morgan fingerprint density at radius 2 is 0.949 bits per heavy atom. The first-order chi connectivity index (χ1) is 18.8. The van der Waals surface area contributed by atoms with Gasteiger partial charge in [0.2, 0.25) is 0 Å². The van der Waals surface area contributed by atoms with Crippen molar-refractivity contribution < 1.29 is 13.5 Å². The number of benzene rings is 4. The van der Waals surface area contributed by atoms with Gasteiger partial charge >= 0.3 is 0 Å². The van der Waals surface area contributed by atoms with Crippen LogP contribution in [0.4, 0.5) is 8.78 Å². The Bertz CT molecular complexity index is 1790. The Labute approximate surface area is 241 Å². The fourth-order valence-electron chi connectivity index (χ4n) is 4.48. The fraction of sp³-hybridized carbons (Fsp3) is 0. The second-order valence-electron chi connectivity index (χ2n) is 8.67. The van der Waals surface area contributed by atoms with Gasteiger partial charge in [0.05, 0.1) is 21.1 Å². The van der Waals surface area contributed by atoms with Gasteiger partial charge in [-0.3, -0.25) is 9.97 Å². The van der Waals surface area contributed by atoms with Gasteiger partial charge in [0.1, 0.15) is 23.1 Å². The van der Waals surface area contributed by atoms with E-state index in [2.05, 4.69) is 9.97 Å². The minimum absolute atomic E-state index is 0.145. The maximum absolute atomic E-state index is 14.8. The van der Waals surface area contributed by atoms with Crippen molar-refractivity contribution in [2.45, 2.75) is 0 Å². The third-order valence-electron chi connectivity index (χ3n) is 6.25. The quantitative estimate of drug-likeness (QED) is 0.203. The lowest BCUT2D eigenvalue weighted by molar-refractivity contribution is 0.482. The van der Waals surface area contributed by atoms with E-state index in [1.165, 1.54) is 24.3 Å². The molecule has 9 heteroatoms. The number of rotatable bonds is 4. The van der Waals surface area contributed by atoms with E-state index >= 15 is 0 Å². The van der Waals surface area contributed by atoms with Crippen molar-refractivity contribution in [2.75, 3.05) is 0 Å². The number of fused-ring (bicyclic) bond motifs is 2. The number of hydrogen-bond donors (Lipinski definition) is 0. The molecule has 6 rings (SSSR count). The zero-order valence-electron chi connectivity index (χ0n) is 19.7. The van der Waals surface area contributed by atoms with Crippen LogP contribution < -0.4 is 4.74 Å². The van der Waals surface area contributed by atoms with Crippen molar-refractivity contribution in [1.29, 1.82) is 0 Å². The van der Waals surface area contributed by atoms with E-state index in [0.29, 0.717) is 43.3 Å². The highest BCUT2D eigenvalue weighted by Gasteiger charge is 2.20. The SMILES string of the molecule is Fc1cc(-c2ccnc3cc(Cl)ccc23)c(Oc2cc(Cl)c(F)cc2-c2ccnc3cc(Cl)ccc23)cc1Cl. The Kier molecular flexibility index (Phi) is 6.77. The van der Waals surface area contributed by atoms with Crippen LogP contribution in [-0.2, 0) is 0 Å². The summed E-state index contributed by atoms with van der Waals surface area (Å²) < 4.78 is 36.0. The minimum Gasteiger partial charge on any atom is -0.456 e. The van der Waals surface area contributed by atoms with Crippen LogP contribution in [0.15, 0.2) is 85.2 Å². The number of pyridine rings is 2. The first-order valence-electron chi connectivity index (χ1n) is 11.5. The molecule has 39 heavy (non-hydrogen) atoms. The zero-order chi connectivity index (χ0) is 27.3. The predicted molar refractivity (Wildman–Crippen MR) is 154 cm³/mol. The molecule has 192 valence electrons. The summed E-state index contributed by atoms with van der Waals surface area (Å²) in [6.45, 7) is 0. The summed E-state index contributed by atoms with van der Waals surface area (Å²) in [5, 5.41) is 2.19. The van der Waals surface area contributed by atoms with Crippen LogP contribution >= 0.6 is 46.4 Å². The summed E-state index contributed by atoms with van der Waals surface area (Å²) in [5.41, 5.74) is 3.33. The molecule has 0 radical (unpaired) electrons. The van der Waals surface area contributed by atoms with Crippen molar-refractivity contribution in [3.63, 3.8) is 0 Å². The third-order valence-corrected chi connectivity index (χ3v) is 7.30. The van der Waals surface area contributed by atoms with E-state index in [4.69, 9.17) is 51.1 Å². The van der Waals surface area contributed by atoms with Gasteiger partial charge in [-0.1, -0.05) is 58.5 Å². The van der Waals surface area contributed by atoms with Gasteiger partial charge in [0, 0.05) is 56.5 Å². The van der Waals surface area contributed by atoms with Crippen molar-refractivity contribution >= 4 is 68.2 Å². The van der Waals surface area contributed by atoms with Crippen LogP contribution in [0.3, 0.4) is 0 Å². The predicted octanol–water partition coefficient (Wildman–Crippen LogP) is 10.8. The van der Waals surface area contributed by atoms with Crippen LogP contribution in [0.2, 0.25) is 20.1 Å². The second-order valence-corrected chi connectivity index (χ2v) is 10.4. The van der Waals surface area contributed by atoms with Gasteiger partial charge in [0.25, 0.3) is 0 Å². The Balaban J connectivity index is 1.57. The monoisotopic (exact) mass is 596 g/mol. The smallest absolute Gasteiger partial charge is 0.142 e. The average molecular weight is 598 g/mol. The van der Waals surface area contributed by atoms with Crippen molar-refractivity contribution in [1.82, 2.24) is 9.97 Å². The molecule has 0 amide bonds. The average Bonchev–Trinajstić information content (AvgIpc) is 2.91. The van der Waals surface area contributed by atoms with Crippen LogP contribution in [0.5, 0.6) is 11.5 Å². The zero-order valence-corrected chi connectivity index (χ0v) is 22.7. The van der Waals surface area contributed by atoms with Crippen molar-refractivity contribution in [3.05, 3.63) is 117 Å². The molecule has 0 atom stereocenters. The molecule has 0 fully saturated rings. The molecular formula is C30H14Cl4F2N2O. The lowest BCUT2D eigenvalue weighted by Gasteiger charge is -2.18. The van der Waals surface area contributed by atoms with Crippen LogP contribution in [0.1, 0.15) is 0 Å². The highest BCUT2D eigenvalue weighted by Crippen LogP contribution is 2.44. The summed E-state index contributed by atoms with van der Waals surface area (Å²) in [4.78, 5) is 8.75. The van der Waals surface area contributed by atoms with Crippen molar-refractivity contribution in [3.8, 4) is 33.8 Å². The lowest BCUT2D eigenvalue weighted by atomic mass is 9.99. The summed E-state index contributed by atoms with van der Waals surface area (Å²) >= 11 is 24.7. The molecule has 0 aliphatic heterocycles. The molecule has 0 saturated heterocycles. The van der Waals surface area contributed by atoms with Gasteiger partial charge in [-0.05, 0) is 59.7 Å². The topological polar surface area (TPSA) is 35.0 Å². The molecular weight excluding hydrogens is 584 g/mol. The van der Waals surface area contributed by atoms with Crippen LogP contribution in [-0.4, -0.2) is 9.97 Å². The number of ether oxygens (including phenoxy) is 1. The Morgan fingerprint density at radius 3 is 1.38 bits per heavy atom. The van der Waals surface area contributed by atoms with Crippen LogP contribution in [0.25, 0.3) is 44.1 Å². The van der Waals surface area contributed by atoms with Gasteiger partial charge < -0.3 is 4.74 Å². The highest BCUT2D eigenvalue weighted by molar-refractivity contribution is 6.32. The lowest BCUT2D eigenvalue weighted by Crippen LogP contribution is -1.96. The Hall–Kier alpha value is -3.48. The number of halogens is 6. The van der Waals surface area contributed by atoms with Gasteiger partial charge in [-0.2, -0.15) is 0 Å². The molecule has 6 aromatic rings. The molecule has 0 aliphatic rings. The van der Waals surface area contributed by atoms with E-state index in [1.807, 2.05) is 0 Å². The van der Waals surface area contributed by atoms with E-state index in [0.717, 1.165) is 10.8 Å². The number of hydrogen-bond acceptors (Lipinski definition) is 3. The van der Waals surface area contributed by atoms with E-state index < -0.39 is 11.6 Å². The Morgan fingerprint density at radius 1 is 0.513 bits per heavy atom. The maximum Gasteiger partial charge on any atom is 0.142 e. The molecule has 0 unspecified atom stereocenters. The molecule has 4 aromatic carbocycles. The van der Waals surface area contributed by atoms with Gasteiger partial charge in [-0.15, -0.1) is 0 Å². The molecule has 0 aliphatic carbocycles. The number of aromatic nitrogens is 2. The standard InChI is InChI=1S/C30H14Cl4F2N2O/c31-15-1-3-19-17(5-7-37-27(19)9-15)21-11-25(35)23(33)13-29(21)39-30-14-24(34)26(36)12-22(30)18-6-8-38-28-10-16(32)2-4-20(18)28/h1-14H. The molecule has 0 spiro atoms. The van der Waals surface area contributed by atoms with Gasteiger partial charge in [0.15, 0.2) is 0 Å². The third kappa shape index (κ3) is 4.88. The summed E-state index contributed by atoms with van der Waals surface area (Å²) in [6.07, 6.45) is 3.19. The molecule has 2 heterocycles. The fourth-order valence-corrected chi connectivity index (χ4v) is 5.12. The molecule has 3 nitrogen and oxygen atoms in total. The number of nitrogens with zero attached hydrogens (tertiary/aromatic N) is 2. The van der Waals surface area contributed by atoms with E-state index in [9.17, 15) is 8.78 Å². The minimum atomic E-state index is -0.632. The van der Waals surface area contributed by atoms with Crippen LogP contribution in [0, 0.1) is 11.6 Å². The second kappa shape index (κ2) is 10.2. The highest BCUT2D eigenvalue weighted by atomic mass is 35.5. The maximum atomic E-state index is 14.8. The summed E-state index contributed by atoms with van der Waals surface area (Å²) in [5.74, 6) is -0.803. The van der Waals surface area contributed by atoms with E-state index in [1.54, 1.807) is 60.9 Å². The van der Waals surface area contributed by atoms with Gasteiger partial charge in [-0.25, -0.2) is 8.78 Å². The first kappa shape index (κ1) is 25.8. The van der Waals surface area contributed by atoms with E-state index in [-0.39, 0.29) is 21.5 Å². The normalized spacial score (nSPS) is 11.3. The summed E-state index contributed by atoms with van der Waals surface area (Å²) in [6, 6.07) is 19.3. The first-order valence-corrected chi connectivity index (χ1v) is 13.0. The largest absolute Gasteiger partial charge is 0.456 e. The molecule has 0 N–H and O–H groups in total.